The molecule has 1 aromatic rings. The molecule has 0 aliphatic rings. The van der Waals surface area contributed by atoms with E-state index in [-0.39, 0.29) is 6.04 Å². The van der Waals surface area contributed by atoms with Gasteiger partial charge in [0.25, 0.3) is 0 Å². The van der Waals surface area contributed by atoms with Crippen LogP contribution in [0.3, 0.4) is 0 Å². The molecule has 4 heteroatoms. The van der Waals surface area contributed by atoms with Crippen molar-refractivity contribution in [3.63, 3.8) is 0 Å². The molecule has 0 aliphatic heterocycles. The van der Waals surface area contributed by atoms with Crippen LogP contribution < -0.4 is 0 Å². The summed E-state index contributed by atoms with van der Waals surface area (Å²) in [4.78, 5) is 4.55. The largest absolute Gasteiger partial charge is 0.306 e. The number of rotatable bonds is 4. The van der Waals surface area contributed by atoms with Crippen LogP contribution in [0.15, 0.2) is 4.60 Å². The molecule has 0 saturated heterocycles. The summed E-state index contributed by atoms with van der Waals surface area (Å²) in [5.74, 6) is 0.986. The fourth-order valence-corrected chi connectivity index (χ4v) is 2.40. The quantitative estimate of drug-likeness (QED) is 0.842. The molecular formula is C11H16BrN3. The molecule has 0 aromatic carbocycles. The molecule has 0 aliphatic carbocycles. The average Bonchev–Trinajstić information content (AvgIpc) is 2.55. The zero-order valence-electron chi connectivity index (χ0n) is 9.42. The number of hydrogen-bond donors (Lipinski definition) is 0. The second kappa shape index (κ2) is 5.32. The standard InChI is InChI=1S/C11H16BrN3/c1-4-6-9-11(12)15(8(3)7-13)10(5-2)14-9/h8H,4-6H2,1-3H3. The molecule has 1 atom stereocenters. The number of aromatic nitrogens is 2. The molecular weight excluding hydrogens is 254 g/mol. The van der Waals surface area contributed by atoms with Gasteiger partial charge in [-0.2, -0.15) is 5.26 Å². The maximum absolute atomic E-state index is 8.95. The van der Waals surface area contributed by atoms with Gasteiger partial charge < -0.3 is 4.57 Å². The van der Waals surface area contributed by atoms with Crippen molar-refractivity contribution < 1.29 is 0 Å². The summed E-state index contributed by atoms with van der Waals surface area (Å²) in [6.45, 7) is 6.08. The third-order valence-electron chi connectivity index (χ3n) is 2.37. The Morgan fingerprint density at radius 3 is 2.67 bits per heavy atom. The van der Waals surface area contributed by atoms with E-state index in [1.54, 1.807) is 0 Å². The fraction of sp³-hybridized carbons (Fsp3) is 0.636. The summed E-state index contributed by atoms with van der Waals surface area (Å²) < 4.78 is 2.94. The summed E-state index contributed by atoms with van der Waals surface area (Å²) in [5.41, 5.74) is 1.07. The molecule has 0 bridgehead atoms. The van der Waals surface area contributed by atoms with Crippen LogP contribution in [0, 0.1) is 11.3 Å². The van der Waals surface area contributed by atoms with Gasteiger partial charge >= 0.3 is 0 Å². The SMILES string of the molecule is CCCc1nc(CC)n(C(C)C#N)c1Br. The molecule has 0 fully saturated rings. The summed E-state index contributed by atoms with van der Waals surface area (Å²) in [7, 11) is 0. The van der Waals surface area contributed by atoms with Gasteiger partial charge in [0.1, 0.15) is 16.5 Å². The predicted octanol–water partition coefficient (Wildman–Crippen LogP) is 3.25. The lowest BCUT2D eigenvalue weighted by molar-refractivity contribution is 0.622. The topological polar surface area (TPSA) is 41.6 Å². The van der Waals surface area contributed by atoms with Crippen LogP contribution in [-0.4, -0.2) is 9.55 Å². The predicted molar refractivity (Wildman–Crippen MR) is 63.6 cm³/mol. The molecule has 0 saturated carbocycles. The molecule has 15 heavy (non-hydrogen) atoms. The highest BCUT2D eigenvalue weighted by atomic mass is 79.9. The number of aryl methyl sites for hydroxylation is 2. The minimum Gasteiger partial charge on any atom is -0.306 e. The van der Waals surface area contributed by atoms with Crippen LogP contribution in [0.1, 0.15) is 44.8 Å². The van der Waals surface area contributed by atoms with Crippen molar-refractivity contribution in [3.05, 3.63) is 16.1 Å². The number of halogens is 1. The molecule has 82 valence electrons. The number of imidazole rings is 1. The highest BCUT2D eigenvalue weighted by Crippen LogP contribution is 2.24. The highest BCUT2D eigenvalue weighted by Gasteiger charge is 2.17. The molecule has 1 heterocycles. The lowest BCUT2D eigenvalue weighted by Crippen LogP contribution is -2.07. The van der Waals surface area contributed by atoms with Crippen LogP contribution in [0.2, 0.25) is 0 Å². The Kier molecular flexibility index (Phi) is 4.34. The van der Waals surface area contributed by atoms with Crippen LogP contribution in [0.4, 0.5) is 0 Å². The molecule has 0 spiro atoms. The Morgan fingerprint density at radius 2 is 2.20 bits per heavy atom. The smallest absolute Gasteiger partial charge is 0.120 e. The van der Waals surface area contributed by atoms with E-state index in [1.807, 2.05) is 11.5 Å². The van der Waals surface area contributed by atoms with Gasteiger partial charge in [0.15, 0.2) is 0 Å². The van der Waals surface area contributed by atoms with Crippen LogP contribution in [-0.2, 0) is 12.8 Å². The first kappa shape index (κ1) is 12.3. The van der Waals surface area contributed by atoms with E-state index in [4.69, 9.17) is 5.26 Å². The molecule has 1 rings (SSSR count). The van der Waals surface area contributed by atoms with Gasteiger partial charge in [-0.25, -0.2) is 4.98 Å². The molecule has 1 aromatic heterocycles. The lowest BCUT2D eigenvalue weighted by atomic mass is 10.3. The summed E-state index contributed by atoms with van der Waals surface area (Å²) in [6, 6.07) is 2.09. The minimum atomic E-state index is -0.160. The Balaban J connectivity index is 3.18. The second-order valence-electron chi connectivity index (χ2n) is 3.54. The molecule has 0 amide bonds. The maximum Gasteiger partial charge on any atom is 0.120 e. The third-order valence-corrected chi connectivity index (χ3v) is 3.21. The number of hydrogen-bond acceptors (Lipinski definition) is 2. The first-order valence-electron chi connectivity index (χ1n) is 5.30. The van der Waals surface area contributed by atoms with Gasteiger partial charge in [-0.1, -0.05) is 20.3 Å². The Bertz CT molecular complexity index is 376. The van der Waals surface area contributed by atoms with Crippen molar-refractivity contribution in [2.75, 3.05) is 0 Å². The highest BCUT2D eigenvalue weighted by molar-refractivity contribution is 9.10. The minimum absolute atomic E-state index is 0.160. The Hall–Kier alpha value is -0.820. The maximum atomic E-state index is 8.95. The van der Waals surface area contributed by atoms with Gasteiger partial charge in [-0.3, -0.25) is 0 Å². The first-order valence-corrected chi connectivity index (χ1v) is 6.10. The summed E-state index contributed by atoms with van der Waals surface area (Å²) >= 11 is 3.53. The Labute approximate surface area is 99.2 Å². The molecule has 3 nitrogen and oxygen atoms in total. The van der Waals surface area contributed by atoms with E-state index in [9.17, 15) is 0 Å². The summed E-state index contributed by atoms with van der Waals surface area (Å²) in [6.07, 6.45) is 2.88. The number of nitrogens with zero attached hydrogens (tertiary/aromatic N) is 3. The van der Waals surface area contributed by atoms with E-state index in [1.165, 1.54) is 0 Å². The van der Waals surface area contributed by atoms with Gasteiger partial charge in [-0.15, -0.1) is 0 Å². The van der Waals surface area contributed by atoms with Crippen molar-refractivity contribution >= 4 is 15.9 Å². The van der Waals surface area contributed by atoms with Gasteiger partial charge in [0.2, 0.25) is 0 Å². The Morgan fingerprint density at radius 1 is 1.53 bits per heavy atom. The first-order chi connectivity index (χ1) is 7.15. The summed E-state index contributed by atoms with van der Waals surface area (Å²) in [5, 5.41) is 8.95. The fourth-order valence-electron chi connectivity index (χ4n) is 1.60. The van der Waals surface area contributed by atoms with Crippen molar-refractivity contribution in [2.24, 2.45) is 0 Å². The van der Waals surface area contributed by atoms with Crippen LogP contribution >= 0.6 is 15.9 Å². The monoisotopic (exact) mass is 269 g/mol. The van der Waals surface area contributed by atoms with Gasteiger partial charge in [0, 0.05) is 6.42 Å². The number of nitriles is 1. The van der Waals surface area contributed by atoms with Crippen molar-refractivity contribution in [1.82, 2.24) is 9.55 Å². The van der Waals surface area contributed by atoms with Crippen LogP contribution in [0.5, 0.6) is 0 Å². The molecule has 0 radical (unpaired) electrons. The van der Waals surface area contributed by atoms with E-state index in [0.717, 1.165) is 35.4 Å². The average molecular weight is 270 g/mol. The van der Waals surface area contributed by atoms with Crippen LogP contribution in [0.25, 0.3) is 0 Å². The van der Waals surface area contributed by atoms with Crippen molar-refractivity contribution in [2.45, 2.75) is 46.1 Å². The third kappa shape index (κ3) is 2.40. The van der Waals surface area contributed by atoms with E-state index >= 15 is 0 Å². The second-order valence-corrected chi connectivity index (χ2v) is 4.30. The molecule has 1 unspecified atom stereocenters. The zero-order chi connectivity index (χ0) is 11.4. The van der Waals surface area contributed by atoms with E-state index < -0.39 is 0 Å². The van der Waals surface area contributed by atoms with E-state index in [2.05, 4.69) is 40.8 Å². The molecule has 0 N–H and O–H groups in total. The normalized spacial score (nSPS) is 12.5. The van der Waals surface area contributed by atoms with Gasteiger partial charge in [-0.05, 0) is 29.3 Å². The van der Waals surface area contributed by atoms with Gasteiger partial charge in [0.05, 0.1) is 11.8 Å². The lowest BCUT2D eigenvalue weighted by Gasteiger charge is -2.09. The van der Waals surface area contributed by atoms with Crippen molar-refractivity contribution in [1.29, 1.82) is 5.26 Å². The zero-order valence-corrected chi connectivity index (χ0v) is 11.0. The van der Waals surface area contributed by atoms with Crippen molar-refractivity contribution in [3.8, 4) is 6.07 Å². The van der Waals surface area contributed by atoms with E-state index in [0.29, 0.717) is 0 Å².